The number of ether oxygens (including phenoxy) is 2. The van der Waals surface area contributed by atoms with Gasteiger partial charge in [0.1, 0.15) is 17.1 Å². The minimum absolute atomic E-state index is 0.125. The van der Waals surface area contributed by atoms with Gasteiger partial charge in [-0.25, -0.2) is 9.97 Å². The topological polar surface area (TPSA) is 64.5 Å². The van der Waals surface area contributed by atoms with E-state index in [-0.39, 0.29) is 5.78 Å². The van der Waals surface area contributed by atoms with Crippen molar-refractivity contribution in [3.8, 4) is 11.5 Å². The maximum Gasteiger partial charge on any atom is 0.225 e. The molecule has 1 fully saturated rings. The smallest absolute Gasteiger partial charge is 0.225 e. The molecule has 0 radical (unpaired) electrons. The van der Waals surface area contributed by atoms with Crippen molar-refractivity contribution < 1.29 is 14.3 Å². The summed E-state index contributed by atoms with van der Waals surface area (Å²) in [5, 5.41) is 0. The second-order valence-corrected chi connectivity index (χ2v) is 6.28. The fourth-order valence-corrected chi connectivity index (χ4v) is 3.45. The maximum absolute atomic E-state index is 12.6. The molecule has 2 aromatic rings. The van der Waals surface area contributed by atoms with E-state index < -0.39 is 5.60 Å². The van der Waals surface area contributed by atoms with Crippen LogP contribution in [0, 0.1) is 0 Å². The molecular formula is C18H19N3O3. The summed E-state index contributed by atoms with van der Waals surface area (Å²) < 4.78 is 11.5. The number of nitrogens with zero attached hydrogens (tertiary/aromatic N) is 3. The Labute approximate surface area is 140 Å². The van der Waals surface area contributed by atoms with Crippen LogP contribution in [0.3, 0.4) is 0 Å². The Kier molecular flexibility index (Phi) is 3.59. The largest absolute Gasteiger partial charge is 0.497 e. The standard InChI is InChI=1S/C18H19N3O3/c1-23-13-3-4-16-14(11-13)15(22)12-18(24-16)5-9-21(10-6-18)17-19-7-2-8-20-17/h2-4,7-8,11H,5-6,9-10,12H2,1H3. The number of fused-ring (bicyclic) bond motifs is 1. The minimum atomic E-state index is -0.413. The Morgan fingerprint density at radius 1 is 1.21 bits per heavy atom. The number of carbonyl (C=O) groups excluding carboxylic acids is 1. The second kappa shape index (κ2) is 5.78. The van der Waals surface area contributed by atoms with Gasteiger partial charge in [-0.3, -0.25) is 4.79 Å². The highest BCUT2D eigenvalue weighted by Gasteiger charge is 2.43. The first-order valence-electron chi connectivity index (χ1n) is 8.11. The van der Waals surface area contributed by atoms with E-state index in [1.807, 2.05) is 18.2 Å². The quantitative estimate of drug-likeness (QED) is 0.845. The summed E-state index contributed by atoms with van der Waals surface area (Å²) >= 11 is 0. The SMILES string of the molecule is COc1ccc2c(c1)C(=O)CC1(CCN(c3ncccn3)CC1)O2. The first kappa shape index (κ1) is 14.9. The molecule has 0 saturated carbocycles. The Morgan fingerprint density at radius 2 is 1.96 bits per heavy atom. The molecule has 3 heterocycles. The third-order valence-electron chi connectivity index (χ3n) is 4.81. The van der Waals surface area contributed by atoms with Crippen LogP contribution >= 0.6 is 0 Å². The van der Waals surface area contributed by atoms with Gasteiger partial charge in [0.05, 0.1) is 19.1 Å². The molecule has 1 saturated heterocycles. The summed E-state index contributed by atoms with van der Waals surface area (Å²) in [6.45, 7) is 1.56. The van der Waals surface area contributed by atoms with E-state index in [1.54, 1.807) is 25.6 Å². The maximum atomic E-state index is 12.6. The van der Waals surface area contributed by atoms with Crippen molar-refractivity contribution in [2.45, 2.75) is 24.9 Å². The fraction of sp³-hybridized carbons (Fsp3) is 0.389. The van der Waals surface area contributed by atoms with Crippen LogP contribution < -0.4 is 14.4 Å². The van der Waals surface area contributed by atoms with Gasteiger partial charge in [-0.05, 0) is 24.3 Å². The number of methoxy groups -OCH3 is 1. The summed E-state index contributed by atoms with van der Waals surface area (Å²) in [5.41, 5.74) is 0.207. The van der Waals surface area contributed by atoms with Crippen molar-refractivity contribution in [3.63, 3.8) is 0 Å². The number of rotatable bonds is 2. The van der Waals surface area contributed by atoms with Crippen molar-refractivity contribution in [2.24, 2.45) is 0 Å². The zero-order valence-corrected chi connectivity index (χ0v) is 13.6. The Morgan fingerprint density at radius 3 is 2.67 bits per heavy atom. The number of aromatic nitrogens is 2. The van der Waals surface area contributed by atoms with Crippen LogP contribution in [-0.4, -0.2) is 41.6 Å². The first-order valence-corrected chi connectivity index (χ1v) is 8.11. The molecule has 0 unspecified atom stereocenters. The molecule has 24 heavy (non-hydrogen) atoms. The van der Waals surface area contributed by atoms with E-state index in [4.69, 9.17) is 9.47 Å². The number of carbonyl (C=O) groups is 1. The van der Waals surface area contributed by atoms with Gasteiger partial charge in [-0.2, -0.15) is 0 Å². The highest BCUT2D eigenvalue weighted by atomic mass is 16.5. The molecule has 2 aliphatic rings. The zero-order chi connectivity index (χ0) is 16.6. The summed E-state index contributed by atoms with van der Waals surface area (Å²) in [6, 6.07) is 7.23. The van der Waals surface area contributed by atoms with Gasteiger partial charge in [0.15, 0.2) is 5.78 Å². The summed E-state index contributed by atoms with van der Waals surface area (Å²) in [5.74, 6) is 2.20. The third kappa shape index (κ3) is 2.58. The van der Waals surface area contributed by atoms with Crippen LogP contribution in [0.25, 0.3) is 0 Å². The molecule has 6 heteroatoms. The highest BCUT2D eigenvalue weighted by molar-refractivity contribution is 6.00. The monoisotopic (exact) mass is 325 g/mol. The van der Waals surface area contributed by atoms with Gasteiger partial charge < -0.3 is 14.4 Å². The summed E-state index contributed by atoms with van der Waals surface area (Å²) in [7, 11) is 1.60. The normalized spacial score (nSPS) is 18.9. The van der Waals surface area contributed by atoms with Crippen LogP contribution in [0.5, 0.6) is 11.5 Å². The van der Waals surface area contributed by atoms with E-state index in [0.29, 0.717) is 23.5 Å². The predicted molar refractivity (Wildman–Crippen MR) is 88.8 cm³/mol. The van der Waals surface area contributed by atoms with Crippen LogP contribution in [0.4, 0.5) is 5.95 Å². The molecule has 0 N–H and O–H groups in total. The van der Waals surface area contributed by atoms with Gasteiger partial charge in [-0.1, -0.05) is 0 Å². The molecule has 0 aliphatic carbocycles. The van der Waals surface area contributed by atoms with Crippen molar-refractivity contribution in [2.75, 3.05) is 25.1 Å². The number of anilines is 1. The molecule has 1 aromatic heterocycles. The number of hydrogen-bond donors (Lipinski definition) is 0. The molecule has 0 atom stereocenters. The summed E-state index contributed by atoms with van der Waals surface area (Å²) in [4.78, 5) is 23.3. The van der Waals surface area contributed by atoms with Gasteiger partial charge in [0.25, 0.3) is 0 Å². The number of Topliss-reactive ketones (excluding diaryl/α,β-unsaturated/α-hetero) is 1. The average molecular weight is 325 g/mol. The van der Waals surface area contributed by atoms with Gasteiger partial charge in [0.2, 0.25) is 5.95 Å². The molecule has 2 aliphatic heterocycles. The second-order valence-electron chi connectivity index (χ2n) is 6.28. The van der Waals surface area contributed by atoms with Crippen LogP contribution in [-0.2, 0) is 0 Å². The van der Waals surface area contributed by atoms with Gasteiger partial charge >= 0.3 is 0 Å². The molecular weight excluding hydrogens is 306 g/mol. The lowest BCUT2D eigenvalue weighted by atomic mass is 9.82. The van der Waals surface area contributed by atoms with Crippen molar-refractivity contribution >= 4 is 11.7 Å². The van der Waals surface area contributed by atoms with Crippen LogP contribution in [0.15, 0.2) is 36.7 Å². The Balaban J connectivity index is 1.53. The number of piperidine rings is 1. The molecule has 0 amide bonds. The van der Waals surface area contributed by atoms with E-state index in [9.17, 15) is 4.79 Å². The molecule has 4 rings (SSSR count). The predicted octanol–water partition coefficient (Wildman–Crippen LogP) is 2.49. The van der Waals surface area contributed by atoms with Crippen molar-refractivity contribution in [1.82, 2.24) is 9.97 Å². The molecule has 124 valence electrons. The summed E-state index contributed by atoms with van der Waals surface area (Å²) in [6.07, 6.45) is 5.47. The van der Waals surface area contributed by atoms with Crippen molar-refractivity contribution in [3.05, 3.63) is 42.2 Å². The third-order valence-corrected chi connectivity index (χ3v) is 4.81. The lowest BCUT2D eigenvalue weighted by Gasteiger charge is -2.43. The van der Waals surface area contributed by atoms with E-state index in [0.717, 1.165) is 31.9 Å². The number of hydrogen-bond acceptors (Lipinski definition) is 6. The van der Waals surface area contributed by atoms with E-state index in [1.165, 1.54) is 0 Å². The van der Waals surface area contributed by atoms with Crippen LogP contribution in [0.1, 0.15) is 29.6 Å². The highest BCUT2D eigenvalue weighted by Crippen LogP contribution is 2.40. The Hall–Kier alpha value is -2.63. The van der Waals surface area contributed by atoms with Gasteiger partial charge in [0, 0.05) is 38.3 Å². The lowest BCUT2D eigenvalue weighted by molar-refractivity contribution is 0.0229. The average Bonchev–Trinajstić information content (AvgIpc) is 2.63. The molecule has 6 nitrogen and oxygen atoms in total. The Bertz CT molecular complexity index is 755. The van der Waals surface area contributed by atoms with Crippen molar-refractivity contribution in [1.29, 1.82) is 0 Å². The van der Waals surface area contributed by atoms with Crippen LogP contribution in [0.2, 0.25) is 0 Å². The van der Waals surface area contributed by atoms with E-state index in [2.05, 4.69) is 14.9 Å². The lowest BCUT2D eigenvalue weighted by Crippen LogP contribution is -2.51. The minimum Gasteiger partial charge on any atom is -0.497 e. The molecule has 1 spiro atoms. The molecule has 1 aromatic carbocycles. The zero-order valence-electron chi connectivity index (χ0n) is 13.6. The first-order chi connectivity index (χ1) is 11.7. The van der Waals surface area contributed by atoms with E-state index >= 15 is 0 Å². The molecule has 0 bridgehead atoms. The van der Waals surface area contributed by atoms with Gasteiger partial charge in [-0.15, -0.1) is 0 Å². The fourth-order valence-electron chi connectivity index (χ4n) is 3.45. The number of ketones is 1. The number of benzene rings is 1.